The van der Waals surface area contributed by atoms with Crippen molar-refractivity contribution in [1.82, 2.24) is 4.98 Å². The highest BCUT2D eigenvalue weighted by Crippen LogP contribution is 2.33. The monoisotopic (exact) mass is 291 g/mol. The number of carbonyl (C=O) groups excluding carboxylic acids is 1. The van der Waals surface area contributed by atoms with E-state index in [9.17, 15) is 4.79 Å². The highest BCUT2D eigenvalue weighted by Gasteiger charge is 2.16. The molecule has 0 aliphatic carbocycles. The molecule has 2 aromatic rings. The average molecular weight is 292 g/mol. The summed E-state index contributed by atoms with van der Waals surface area (Å²) in [6.45, 7) is 0.503. The van der Waals surface area contributed by atoms with Gasteiger partial charge in [0.15, 0.2) is 16.6 Å². The largest absolute Gasteiger partial charge is 0.317 e. The number of para-hydroxylation sites is 1. The molecule has 4 nitrogen and oxygen atoms in total. The number of thiazole rings is 1. The normalized spacial score (nSPS) is 9.89. The first-order chi connectivity index (χ1) is 9.26. The molecule has 0 saturated heterocycles. The predicted octanol–water partition coefficient (Wildman–Crippen LogP) is 3.66. The first kappa shape index (κ1) is 13.5. The van der Waals surface area contributed by atoms with Gasteiger partial charge in [-0.2, -0.15) is 5.26 Å². The van der Waals surface area contributed by atoms with Gasteiger partial charge in [-0.05, 0) is 12.1 Å². The van der Waals surface area contributed by atoms with E-state index in [1.807, 2.05) is 35.2 Å². The minimum Gasteiger partial charge on any atom is -0.317 e. The smallest absolute Gasteiger partial charge is 0.192 e. The molecule has 0 amide bonds. The Hall–Kier alpha value is -1.90. The molecule has 0 aliphatic rings. The zero-order chi connectivity index (χ0) is 13.7. The summed E-state index contributed by atoms with van der Waals surface area (Å²) in [5, 5.41) is 9.56. The van der Waals surface area contributed by atoms with Crippen LogP contribution in [0.2, 0.25) is 5.15 Å². The first-order valence-electron chi connectivity index (χ1n) is 5.57. The van der Waals surface area contributed by atoms with Gasteiger partial charge in [-0.1, -0.05) is 41.1 Å². The van der Waals surface area contributed by atoms with Gasteiger partial charge in [0.1, 0.15) is 4.88 Å². The third kappa shape index (κ3) is 3.11. The Morgan fingerprint density at radius 3 is 2.74 bits per heavy atom. The van der Waals surface area contributed by atoms with E-state index < -0.39 is 0 Å². The molecule has 0 spiro atoms. The lowest BCUT2D eigenvalue weighted by molar-refractivity contribution is 0.112. The maximum atomic E-state index is 10.8. The molecule has 1 heterocycles. The minimum atomic E-state index is 0.202. The SMILES string of the molecule is N#CCCN(c1ccccc1)c1nc(Cl)c(C=O)s1. The molecule has 0 saturated carbocycles. The molecule has 19 heavy (non-hydrogen) atoms. The van der Waals surface area contributed by atoms with Gasteiger partial charge in [-0.3, -0.25) is 4.79 Å². The number of hydrogen-bond acceptors (Lipinski definition) is 5. The number of rotatable bonds is 5. The fourth-order valence-electron chi connectivity index (χ4n) is 1.60. The summed E-state index contributed by atoms with van der Waals surface area (Å²) in [5.74, 6) is 0. The summed E-state index contributed by atoms with van der Waals surface area (Å²) in [7, 11) is 0. The Bertz CT molecular complexity index is 606. The van der Waals surface area contributed by atoms with Crippen molar-refractivity contribution in [3.05, 3.63) is 40.4 Å². The number of aldehydes is 1. The van der Waals surface area contributed by atoms with E-state index in [0.717, 1.165) is 5.69 Å². The van der Waals surface area contributed by atoms with E-state index >= 15 is 0 Å². The van der Waals surface area contributed by atoms with Crippen LogP contribution in [0.4, 0.5) is 10.8 Å². The molecular formula is C13H10ClN3OS. The van der Waals surface area contributed by atoms with E-state index in [-0.39, 0.29) is 5.15 Å². The number of hydrogen-bond donors (Lipinski definition) is 0. The zero-order valence-corrected chi connectivity index (χ0v) is 11.5. The number of nitriles is 1. The molecule has 0 atom stereocenters. The van der Waals surface area contributed by atoms with Crippen molar-refractivity contribution in [2.24, 2.45) is 0 Å². The van der Waals surface area contributed by atoms with Gasteiger partial charge in [-0.15, -0.1) is 0 Å². The molecule has 1 aromatic heterocycles. The first-order valence-corrected chi connectivity index (χ1v) is 6.76. The highest BCUT2D eigenvalue weighted by molar-refractivity contribution is 7.17. The molecule has 0 bridgehead atoms. The van der Waals surface area contributed by atoms with E-state index in [1.54, 1.807) is 0 Å². The standard InChI is InChI=1S/C13H10ClN3OS/c14-12-11(9-18)19-13(16-12)17(8-4-7-15)10-5-2-1-3-6-10/h1-3,5-6,9H,4,8H2. The Morgan fingerprint density at radius 1 is 1.42 bits per heavy atom. The Labute approximate surface area is 119 Å². The van der Waals surface area contributed by atoms with Crippen LogP contribution in [0.25, 0.3) is 0 Å². The molecule has 2 rings (SSSR count). The number of aromatic nitrogens is 1. The second kappa shape index (κ2) is 6.32. The number of anilines is 2. The summed E-state index contributed by atoms with van der Waals surface area (Å²) in [6.07, 6.45) is 1.06. The molecule has 96 valence electrons. The van der Waals surface area contributed by atoms with E-state index in [1.165, 1.54) is 11.3 Å². The van der Waals surface area contributed by atoms with E-state index in [4.69, 9.17) is 16.9 Å². The summed E-state index contributed by atoms with van der Waals surface area (Å²) >= 11 is 7.11. The van der Waals surface area contributed by atoms with Gasteiger partial charge in [0.2, 0.25) is 0 Å². The molecule has 0 unspecified atom stereocenters. The van der Waals surface area contributed by atoms with Crippen LogP contribution in [0.5, 0.6) is 0 Å². The van der Waals surface area contributed by atoms with Crippen LogP contribution in [0.1, 0.15) is 16.1 Å². The van der Waals surface area contributed by atoms with Crippen LogP contribution in [-0.2, 0) is 0 Å². The fraction of sp³-hybridized carbons (Fsp3) is 0.154. The Kier molecular flexibility index (Phi) is 4.50. The maximum Gasteiger partial charge on any atom is 0.192 e. The van der Waals surface area contributed by atoms with Crippen molar-refractivity contribution in [2.45, 2.75) is 6.42 Å². The van der Waals surface area contributed by atoms with Gasteiger partial charge in [-0.25, -0.2) is 4.98 Å². The zero-order valence-electron chi connectivity index (χ0n) is 9.91. The van der Waals surface area contributed by atoms with Crippen molar-refractivity contribution in [3.63, 3.8) is 0 Å². The summed E-state index contributed by atoms with van der Waals surface area (Å²) in [5.41, 5.74) is 0.917. The van der Waals surface area contributed by atoms with E-state index in [0.29, 0.717) is 29.3 Å². The van der Waals surface area contributed by atoms with Crippen LogP contribution >= 0.6 is 22.9 Å². The number of carbonyl (C=O) groups is 1. The molecule has 6 heteroatoms. The average Bonchev–Trinajstić information content (AvgIpc) is 2.81. The van der Waals surface area contributed by atoms with Crippen molar-refractivity contribution in [1.29, 1.82) is 5.26 Å². The molecule has 0 fully saturated rings. The number of halogens is 1. The van der Waals surface area contributed by atoms with Crippen LogP contribution < -0.4 is 4.90 Å². The number of nitrogens with zero attached hydrogens (tertiary/aromatic N) is 3. The molecule has 0 radical (unpaired) electrons. The van der Waals surface area contributed by atoms with Crippen molar-refractivity contribution in [3.8, 4) is 6.07 Å². The third-order valence-corrected chi connectivity index (χ3v) is 3.86. The maximum absolute atomic E-state index is 10.8. The van der Waals surface area contributed by atoms with Crippen molar-refractivity contribution < 1.29 is 4.79 Å². The fourth-order valence-corrected chi connectivity index (χ4v) is 2.70. The predicted molar refractivity (Wildman–Crippen MR) is 76.2 cm³/mol. The van der Waals surface area contributed by atoms with E-state index in [2.05, 4.69) is 11.1 Å². The van der Waals surface area contributed by atoms with Crippen LogP contribution in [0, 0.1) is 11.3 Å². The summed E-state index contributed by atoms with van der Waals surface area (Å²) < 4.78 is 0. The lowest BCUT2D eigenvalue weighted by atomic mass is 10.3. The molecule has 0 aliphatic heterocycles. The third-order valence-electron chi connectivity index (χ3n) is 2.45. The molecular weight excluding hydrogens is 282 g/mol. The topological polar surface area (TPSA) is 57.0 Å². The molecule has 1 aromatic carbocycles. The Balaban J connectivity index is 2.37. The highest BCUT2D eigenvalue weighted by atomic mass is 35.5. The summed E-state index contributed by atoms with van der Waals surface area (Å²) in [6, 6.07) is 11.7. The summed E-state index contributed by atoms with van der Waals surface area (Å²) in [4.78, 5) is 17.3. The van der Waals surface area contributed by atoms with Crippen LogP contribution in [0.3, 0.4) is 0 Å². The van der Waals surface area contributed by atoms with Gasteiger partial charge in [0.25, 0.3) is 0 Å². The minimum absolute atomic E-state index is 0.202. The second-order valence-corrected chi connectivity index (χ2v) is 5.03. The second-order valence-electron chi connectivity index (χ2n) is 3.66. The lowest BCUT2D eigenvalue weighted by Crippen LogP contribution is -2.17. The van der Waals surface area contributed by atoms with Crippen molar-refractivity contribution in [2.75, 3.05) is 11.4 Å². The van der Waals surface area contributed by atoms with Crippen molar-refractivity contribution >= 4 is 40.0 Å². The van der Waals surface area contributed by atoms with Gasteiger partial charge in [0.05, 0.1) is 12.5 Å². The van der Waals surface area contributed by atoms with Gasteiger partial charge in [0, 0.05) is 12.2 Å². The van der Waals surface area contributed by atoms with Gasteiger partial charge >= 0.3 is 0 Å². The van der Waals surface area contributed by atoms with Crippen LogP contribution in [0.15, 0.2) is 30.3 Å². The molecule has 0 N–H and O–H groups in total. The lowest BCUT2D eigenvalue weighted by Gasteiger charge is -2.20. The number of benzene rings is 1. The van der Waals surface area contributed by atoms with Gasteiger partial charge < -0.3 is 4.90 Å². The quantitative estimate of drug-likeness (QED) is 0.789. The van der Waals surface area contributed by atoms with Crippen LogP contribution in [-0.4, -0.2) is 17.8 Å². The Morgan fingerprint density at radius 2 is 2.16 bits per heavy atom.